The van der Waals surface area contributed by atoms with Gasteiger partial charge in [0.05, 0.1) is 10.2 Å². The Morgan fingerprint density at radius 3 is 2.83 bits per heavy atom. The summed E-state index contributed by atoms with van der Waals surface area (Å²) in [7, 11) is 0. The average molecular weight is 339 g/mol. The molecule has 3 rings (SSSR count). The first kappa shape index (κ1) is 15.7. The first-order valence-electron chi connectivity index (χ1n) is 6.94. The lowest BCUT2D eigenvalue weighted by molar-refractivity contribution is 0.0954. The summed E-state index contributed by atoms with van der Waals surface area (Å²) in [5.74, 6) is -0.584. The Kier molecular flexibility index (Phi) is 4.52. The van der Waals surface area contributed by atoms with Crippen molar-refractivity contribution >= 4 is 38.6 Å². The van der Waals surface area contributed by atoms with Gasteiger partial charge in [0.2, 0.25) is 5.13 Å². The van der Waals surface area contributed by atoms with Crippen LogP contribution in [0.15, 0.2) is 58.1 Å². The molecule has 1 aromatic carbocycles. The zero-order valence-corrected chi connectivity index (χ0v) is 13.5. The molecule has 1 amide bonds. The lowest BCUT2D eigenvalue weighted by Crippen LogP contribution is -2.22. The second-order valence-electron chi connectivity index (χ2n) is 4.81. The van der Waals surface area contributed by atoms with E-state index in [9.17, 15) is 4.79 Å². The number of amides is 1. The number of nitrogens with two attached hydrogens (primary N) is 1. The smallest absolute Gasteiger partial charge is 0.271 e. The molecule has 0 fully saturated rings. The number of benzene rings is 1. The van der Waals surface area contributed by atoms with Gasteiger partial charge < -0.3 is 5.73 Å². The van der Waals surface area contributed by atoms with Crippen molar-refractivity contribution in [2.24, 2.45) is 21.1 Å². The zero-order valence-electron chi connectivity index (χ0n) is 12.7. The molecule has 0 atom stereocenters. The highest BCUT2D eigenvalue weighted by Crippen LogP contribution is 2.28. The van der Waals surface area contributed by atoms with Crippen LogP contribution in [0.5, 0.6) is 0 Å². The van der Waals surface area contributed by atoms with Crippen molar-refractivity contribution in [3.63, 3.8) is 0 Å². The maximum atomic E-state index is 11.8. The van der Waals surface area contributed by atoms with Gasteiger partial charge in [-0.2, -0.15) is 0 Å². The van der Waals surface area contributed by atoms with Gasteiger partial charge in [-0.15, -0.1) is 15.3 Å². The molecule has 0 saturated heterocycles. The standard InChI is InChI=1S/C15H13N7OS/c1-9-2-3-11-12(8-9)24-15(18-11)22-21-14(16)20-19-13(23)10-4-6-17-7-5-10/h2-8H,1H3,(H2,16,20)(H,19,23)/b22-21+. The second-order valence-corrected chi connectivity index (χ2v) is 5.82. The Morgan fingerprint density at radius 2 is 2.04 bits per heavy atom. The molecule has 0 saturated carbocycles. The van der Waals surface area contributed by atoms with E-state index < -0.39 is 5.91 Å². The summed E-state index contributed by atoms with van der Waals surface area (Å²) >= 11 is 1.40. The fourth-order valence-corrected chi connectivity index (χ4v) is 2.74. The van der Waals surface area contributed by atoms with Crippen LogP contribution in [0.4, 0.5) is 5.13 Å². The Hall–Kier alpha value is -3.20. The summed E-state index contributed by atoms with van der Waals surface area (Å²) in [5, 5.41) is 11.8. The number of pyridine rings is 1. The third kappa shape index (κ3) is 3.76. The van der Waals surface area contributed by atoms with E-state index in [1.807, 2.05) is 25.1 Å². The van der Waals surface area contributed by atoms with E-state index in [1.165, 1.54) is 23.7 Å². The monoisotopic (exact) mass is 339 g/mol. The molecule has 0 unspecified atom stereocenters. The largest absolute Gasteiger partial charge is 0.365 e. The molecule has 0 aliphatic heterocycles. The van der Waals surface area contributed by atoms with Crippen LogP contribution < -0.4 is 11.2 Å². The van der Waals surface area contributed by atoms with Crippen LogP contribution in [0.3, 0.4) is 0 Å². The number of hydrogen-bond acceptors (Lipinski definition) is 6. The van der Waals surface area contributed by atoms with E-state index in [4.69, 9.17) is 5.73 Å². The van der Waals surface area contributed by atoms with Crippen molar-refractivity contribution < 1.29 is 4.79 Å². The van der Waals surface area contributed by atoms with Gasteiger partial charge in [-0.1, -0.05) is 17.4 Å². The van der Waals surface area contributed by atoms with E-state index in [-0.39, 0.29) is 5.96 Å². The van der Waals surface area contributed by atoms with E-state index >= 15 is 0 Å². The highest BCUT2D eigenvalue weighted by Gasteiger charge is 2.04. The Balaban J connectivity index is 1.67. The van der Waals surface area contributed by atoms with Crippen molar-refractivity contribution in [1.82, 2.24) is 15.4 Å². The number of carbonyl (C=O) groups is 1. The van der Waals surface area contributed by atoms with E-state index in [1.54, 1.807) is 12.1 Å². The lowest BCUT2D eigenvalue weighted by atomic mass is 10.2. The molecule has 24 heavy (non-hydrogen) atoms. The quantitative estimate of drug-likeness (QED) is 0.330. The fraction of sp³-hybridized carbons (Fsp3) is 0.0667. The molecule has 2 heterocycles. The van der Waals surface area contributed by atoms with Gasteiger partial charge >= 0.3 is 0 Å². The van der Waals surface area contributed by atoms with Crippen LogP contribution in [0.2, 0.25) is 0 Å². The zero-order chi connectivity index (χ0) is 16.9. The molecule has 9 heteroatoms. The predicted molar refractivity (Wildman–Crippen MR) is 92.2 cm³/mol. The number of hydrazone groups is 1. The maximum Gasteiger partial charge on any atom is 0.271 e. The van der Waals surface area contributed by atoms with Crippen LogP contribution >= 0.6 is 11.3 Å². The molecule has 0 spiro atoms. The van der Waals surface area contributed by atoms with Crippen molar-refractivity contribution in [1.29, 1.82) is 0 Å². The number of carbonyl (C=O) groups excluding carboxylic acids is 1. The molecule has 120 valence electrons. The van der Waals surface area contributed by atoms with Crippen molar-refractivity contribution in [3.8, 4) is 0 Å². The Morgan fingerprint density at radius 1 is 1.25 bits per heavy atom. The minimum Gasteiger partial charge on any atom is -0.365 e. The number of hydrogen-bond donors (Lipinski definition) is 2. The van der Waals surface area contributed by atoms with E-state index in [0.29, 0.717) is 10.7 Å². The molecule has 2 aromatic heterocycles. The topological polar surface area (TPSA) is 118 Å². The Bertz CT molecular complexity index is 933. The Labute approximate surface area is 141 Å². The fourth-order valence-electron chi connectivity index (χ4n) is 1.85. The molecule has 0 aliphatic carbocycles. The number of rotatable bonds is 3. The molecule has 3 N–H and O–H groups in total. The van der Waals surface area contributed by atoms with Crippen molar-refractivity contribution in [2.75, 3.05) is 0 Å². The first-order valence-corrected chi connectivity index (χ1v) is 7.76. The second kappa shape index (κ2) is 6.92. The minimum atomic E-state index is -0.411. The molecule has 0 bridgehead atoms. The molecular formula is C15H13N7OS. The molecule has 0 radical (unpaired) electrons. The molecule has 8 nitrogen and oxygen atoms in total. The molecular weight excluding hydrogens is 326 g/mol. The molecule has 3 aromatic rings. The number of fused-ring (bicyclic) bond motifs is 1. The predicted octanol–water partition coefficient (Wildman–Crippen LogP) is 2.74. The van der Waals surface area contributed by atoms with Crippen LogP contribution in [-0.4, -0.2) is 21.8 Å². The minimum absolute atomic E-state index is 0.173. The van der Waals surface area contributed by atoms with Crippen molar-refractivity contribution in [3.05, 3.63) is 53.9 Å². The summed E-state index contributed by atoms with van der Waals surface area (Å²) in [4.78, 5) is 19.9. The maximum absolute atomic E-state index is 11.8. The third-order valence-corrected chi connectivity index (χ3v) is 3.89. The summed E-state index contributed by atoms with van der Waals surface area (Å²) in [6, 6.07) is 9.05. The number of nitrogens with zero attached hydrogens (tertiary/aromatic N) is 5. The number of aryl methyl sites for hydroxylation is 1. The van der Waals surface area contributed by atoms with Gasteiger partial charge in [0.25, 0.3) is 11.9 Å². The van der Waals surface area contributed by atoms with Crippen molar-refractivity contribution in [2.45, 2.75) is 6.92 Å². The van der Waals surface area contributed by atoms with Gasteiger partial charge in [0.15, 0.2) is 0 Å². The normalized spacial score (nSPS) is 12.0. The van der Waals surface area contributed by atoms with Gasteiger partial charge in [-0.3, -0.25) is 9.78 Å². The van der Waals surface area contributed by atoms with E-state index in [2.05, 4.69) is 30.7 Å². The highest BCUT2D eigenvalue weighted by molar-refractivity contribution is 7.21. The van der Waals surface area contributed by atoms with Gasteiger partial charge in [0.1, 0.15) is 0 Å². The number of azo groups is 1. The van der Waals surface area contributed by atoms with Gasteiger partial charge in [-0.05, 0) is 36.8 Å². The lowest BCUT2D eigenvalue weighted by Gasteiger charge is -1.98. The van der Waals surface area contributed by atoms with Crippen LogP contribution in [-0.2, 0) is 0 Å². The highest BCUT2D eigenvalue weighted by atomic mass is 32.1. The summed E-state index contributed by atoms with van der Waals surface area (Å²) in [5.41, 5.74) is 10.3. The van der Waals surface area contributed by atoms with Crippen LogP contribution in [0.1, 0.15) is 15.9 Å². The third-order valence-electron chi connectivity index (χ3n) is 2.99. The first-order chi connectivity index (χ1) is 11.6. The average Bonchev–Trinajstić information content (AvgIpc) is 3.00. The van der Waals surface area contributed by atoms with Gasteiger partial charge in [-0.25, -0.2) is 10.4 Å². The summed E-state index contributed by atoms with van der Waals surface area (Å²) < 4.78 is 1.02. The number of nitrogens with one attached hydrogen (secondary N) is 1. The van der Waals surface area contributed by atoms with E-state index in [0.717, 1.165) is 15.8 Å². The van der Waals surface area contributed by atoms with Gasteiger partial charge in [0, 0.05) is 18.0 Å². The SMILES string of the molecule is Cc1ccc2nc(/N=N/C(N)=N\NC(=O)c3ccncc3)sc2c1. The van der Waals surface area contributed by atoms with Crippen LogP contribution in [0.25, 0.3) is 10.2 Å². The number of thiazole rings is 1. The van der Waals surface area contributed by atoms with Crippen LogP contribution in [0, 0.1) is 6.92 Å². The summed E-state index contributed by atoms with van der Waals surface area (Å²) in [6.45, 7) is 2.01. The molecule has 0 aliphatic rings. The summed E-state index contributed by atoms with van der Waals surface area (Å²) in [6.07, 6.45) is 3.02. The number of aromatic nitrogens is 2. The number of guanidine groups is 1.